The van der Waals surface area contributed by atoms with Crippen molar-refractivity contribution in [1.82, 2.24) is 25.4 Å². The van der Waals surface area contributed by atoms with E-state index >= 15 is 0 Å². The summed E-state index contributed by atoms with van der Waals surface area (Å²) in [6.45, 7) is 5.41. The van der Waals surface area contributed by atoms with E-state index in [9.17, 15) is 14.9 Å². The van der Waals surface area contributed by atoms with Gasteiger partial charge in [0, 0.05) is 24.0 Å². The van der Waals surface area contributed by atoms with Crippen LogP contribution in [0.5, 0.6) is 0 Å². The first-order valence-corrected chi connectivity index (χ1v) is 9.26. The molecule has 0 fully saturated rings. The highest BCUT2D eigenvalue weighted by Crippen LogP contribution is 2.25. The third kappa shape index (κ3) is 4.96. The number of nitrogens with one attached hydrogen (secondary N) is 2. The maximum Gasteiger partial charge on any atom is 0.313 e. The Balaban J connectivity index is 1.96. The summed E-state index contributed by atoms with van der Waals surface area (Å²) in [5.74, 6) is -0.927. The minimum Gasteiger partial charge on any atom is -0.481 e. The number of H-pyrrole nitrogens is 2. The highest BCUT2D eigenvalue weighted by atomic mass is 32.2. The van der Waals surface area contributed by atoms with Crippen molar-refractivity contribution in [3.8, 4) is 0 Å². The molecule has 10 nitrogen and oxygen atoms in total. The highest BCUT2D eigenvalue weighted by molar-refractivity contribution is 7.99. The monoisotopic (exact) mass is 412 g/mol. The van der Waals surface area contributed by atoms with Gasteiger partial charge < -0.3 is 5.11 Å². The van der Waals surface area contributed by atoms with Gasteiger partial charge in [-0.1, -0.05) is 30.5 Å². The van der Waals surface area contributed by atoms with Gasteiger partial charge in [-0.2, -0.15) is 5.10 Å². The number of nitro groups is 1. The zero-order valence-corrected chi connectivity index (χ0v) is 16.1. The molecule has 3 rings (SSSR count). The van der Waals surface area contributed by atoms with Crippen LogP contribution >= 0.6 is 11.8 Å². The van der Waals surface area contributed by atoms with E-state index < -0.39 is 10.9 Å². The molecule has 0 aliphatic carbocycles. The number of hydrogen-bond donors (Lipinski definition) is 3. The maximum atomic E-state index is 11.1. The predicted molar refractivity (Wildman–Crippen MR) is 109 cm³/mol. The van der Waals surface area contributed by atoms with Crippen molar-refractivity contribution in [3.63, 3.8) is 0 Å². The zero-order chi connectivity index (χ0) is 21.0. The molecular formula is C18H16N6O4S. The van der Waals surface area contributed by atoms with E-state index in [1.807, 2.05) is 18.2 Å². The maximum absolute atomic E-state index is 11.1. The number of allylic oxidation sites excluding steroid dienone is 5. The smallest absolute Gasteiger partial charge is 0.313 e. The topological polar surface area (TPSA) is 151 Å². The second-order valence-electron chi connectivity index (χ2n) is 5.99. The molecule has 148 valence electrons. The Labute approximate surface area is 168 Å². The third-order valence-corrected chi connectivity index (χ3v) is 4.69. The zero-order valence-electron chi connectivity index (χ0n) is 15.2. The average Bonchev–Trinajstić information content (AvgIpc) is 3.34. The molecule has 0 unspecified atom stereocenters. The molecule has 3 aromatic rings. The average molecular weight is 412 g/mol. The first kappa shape index (κ1) is 20.0. The Hall–Kier alpha value is -3.73. The van der Waals surface area contributed by atoms with Gasteiger partial charge in [0.2, 0.25) is 10.9 Å². The molecule has 0 radical (unpaired) electrons. The van der Waals surface area contributed by atoms with Crippen molar-refractivity contribution in [2.45, 2.75) is 12.1 Å². The fourth-order valence-electron chi connectivity index (χ4n) is 2.43. The fraction of sp³-hybridized carbons (Fsp3) is 0.111. The van der Waals surface area contributed by atoms with Crippen molar-refractivity contribution < 1.29 is 14.8 Å². The van der Waals surface area contributed by atoms with Gasteiger partial charge in [0.25, 0.3) is 0 Å². The molecule has 0 spiro atoms. The van der Waals surface area contributed by atoms with E-state index in [1.54, 1.807) is 12.3 Å². The van der Waals surface area contributed by atoms with Gasteiger partial charge in [-0.25, -0.2) is 4.98 Å². The number of aromatic nitrogens is 5. The first-order chi connectivity index (χ1) is 13.8. The molecular weight excluding hydrogens is 396 g/mol. The van der Waals surface area contributed by atoms with Crippen molar-refractivity contribution in [3.05, 3.63) is 70.3 Å². The number of carboxylic acid groups (broad SMARTS) is 1. The lowest BCUT2D eigenvalue weighted by atomic mass is 10.0. The Morgan fingerprint density at radius 1 is 1.38 bits per heavy atom. The fourth-order valence-corrected chi connectivity index (χ4v) is 2.95. The number of thioether (sulfide) groups is 1. The normalized spacial score (nSPS) is 12.3. The van der Waals surface area contributed by atoms with Gasteiger partial charge in [0.1, 0.15) is 0 Å². The van der Waals surface area contributed by atoms with Crippen molar-refractivity contribution >= 4 is 39.8 Å². The summed E-state index contributed by atoms with van der Waals surface area (Å²) < 4.78 is 0. The van der Waals surface area contributed by atoms with Crippen molar-refractivity contribution in [2.75, 3.05) is 5.75 Å². The van der Waals surface area contributed by atoms with Crippen LogP contribution in [0.2, 0.25) is 0 Å². The van der Waals surface area contributed by atoms with E-state index in [4.69, 9.17) is 5.11 Å². The molecule has 1 aromatic carbocycles. The molecule has 0 saturated carbocycles. The predicted octanol–water partition coefficient (Wildman–Crippen LogP) is 3.13. The molecule has 3 N–H and O–H groups in total. The number of nitrogens with zero attached hydrogens (tertiary/aromatic N) is 4. The molecule has 0 bridgehead atoms. The largest absolute Gasteiger partial charge is 0.481 e. The Morgan fingerprint density at radius 3 is 2.90 bits per heavy atom. The van der Waals surface area contributed by atoms with Gasteiger partial charge in [-0.05, 0) is 23.3 Å². The van der Waals surface area contributed by atoms with E-state index in [2.05, 4.69) is 32.0 Å². The second kappa shape index (κ2) is 8.52. The minimum atomic E-state index is -0.996. The van der Waals surface area contributed by atoms with Gasteiger partial charge in [0.05, 0.1) is 22.4 Å². The standard InChI is InChI=1S/C18H16N6O4S/c1-10(12-3-4-13-8-19-21-15(13)7-12)5-14(6-11(2)24(27)28)17-20-18(23-22-17)29-9-16(25)26/h3-8H,1,9H2,2H3,(H,19,21)(H,25,26)(H,20,22,23)/b11-6+,14-5+. The van der Waals surface area contributed by atoms with Crippen LogP contribution in [0, 0.1) is 10.1 Å². The van der Waals surface area contributed by atoms with Crippen LogP contribution in [0.1, 0.15) is 18.3 Å². The van der Waals surface area contributed by atoms with Crippen LogP contribution < -0.4 is 0 Å². The number of hydrogen-bond acceptors (Lipinski definition) is 7. The lowest BCUT2D eigenvalue weighted by Gasteiger charge is -2.04. The molecule has 0 aliphatic rings. The van der Waals surface area contributed by atoms with Crippen LogP contribution in [0.4, 0.5) is 0 Å². The Kier molecular flexibility index (Phi) is 5.88. The second-order valence-corrected chi connectivity index (χ2v) is 6.93. The van der Waals surface area contributed by atoms with Crippen LogP contribution in [-0.4, -0.2) is 47.1 Å². The van der Waals surface area contributed by atoms with Crippen LogP contribution in [0.25, 0.3) is 22.0 Å². The summed E-state index contributed by atoms with van der Waals surface area (Å²) in [4.78, 5) is 25.5. The first-order valence-electron chi connectivity index (χ1n) is 8.27. The number of benzene rings is 1. The number of rotatable bonds is 8. The van der Waals surface area contributed by atoms with E-state index in [1.165, 1.54) is 13.0 Å². The summed E-state index contributed by atoms with van der Waals surface area (Å²) in [6.07, 6.45) is 4.71. The number of fused-ring (bicyclic) bond motifs is 1. The number of carbonyl (C=O) groups is 1. The molecule has 2 heterocycles. The van der Waals surface area contributed by atoms with Crippen LogP contribution in [-0.2, 0) is 4.79 Å². The number of aromatic amines is 2. The lowest BCUT2D eigenvalue weighted by Crippen LogP contribution is -1.98. The number of carboxylic acids is 1. The molecule has 0 atom stereocenters. The highest BCUT2D eigenvalue weighted by Gasteiger charge is 2.13. The summed E-state index contributed by atoms with van der Waals surface area (Å²) in [5.41, 5.74) is 2.53. The third-order valence-electron chi connectivity index (χ3n) is 3.86. The van der Waals surface area contributed by atoms with E-state index in [0.717, 1.165) is 28.2 Å². The van der Waals surface area contributed by atoms with Gasteiger partial charge in [-0.15, -0.1) is 5.10 Å². The van der Waals surface area contributed by atoms with E-state index in [0.29, 0.717) is 11.1 Å². The molecule has 0 amide bonds. The lowest BCUT2D eigenvalue weighted by molar-refractivity contribution is -0.424. The molecule has 0 saturated heterocycles. The van der Waals surface area contributed by atoms with Crippen LogP contribution in [0.15, 0.2) is 54.0 Å². The summed E-state index contributed by atoms with van der Waals surface area (Å²) in [7, 11) is 0. The molecule has 29 heavy (non-hydrogen) atoms. The Bertz CT molecular complexity index is 1160. The Morgan fingerprint density at radius 2 is 2.17 bits per heavy atom. The van der Waals surface area contributed by atoms with Gasteiger partial charge in [-0.3, -0.25) is 25.1 Å². The number of aliphatic carboxylic acids is 1. The summed E-state index contributed by atoms with van der Waals surface area (Å²) >= 11 is 0.941. The van der Waals surface area contributed by atoms with E-state index in [-0.39, 0.29) is 22.4 Å². The SMILES string of the molecule is C=C(/C=C(\C=C(/C)[N+](=O)[O-])c1nc(SCC(=O)O)n[nH]1)c1ccc2cn[nH]c2c1. The van der Waals surface area contributed by atoms with Gasteiger partial charge in [0.15, 0.2) is 5.82 Å². The summed E-state index contributed by atoms with van der Waals surface area (Å²) in [6, 6.07) is 5.63. The minimum absolute atomic E-state index is 0.0933. The molecule has 11 heteroatoms. The quantitative estimate of drug-likeness (QED) is 0.221. The van der Waals surface area contributed by atoms with Crippen LogP contribution in [0.3, 0.4) is 0 Å². The molecule has 0 aliphatic heterocycles. The van der Waals surface area contributed by atoms with Crippen molar-refractivity contribution in [2.24, 2.45) is 0 Å². The van der Waals surface area contributed by atoms with Gasteiger partial charge >= 0.3 is 5.97 Å². The summed E-state index contributed by atoms with van der Waals surface area (Å²) in [5, 5.41) is 34.5. The molecule has 2 aromatic heterocycles. The van der Waals surface area contributed by atoms with Crippen molar-refractivity contribution in [1.29, 1.82) is 0 Å².